The van der Waals surface area contributed by atoms with E-state index in [1.54, 1.807) is 0 Å². The lowest BCUT2D eigenvalue weighted by atomic mass is 10.3. The van der Waals surface area contributed by atoms with Crippen molar-refractivity contribution in [3.63, 3.8) is 0 Å². The van der Waals surface area contributed by atoms with Gasteiger partial charge >= 0.3 is 0 Å². The van der Waals surface area contributed by atoms with E-state index in [4.69, 9.17) is 0 Å². The Hall–Kier alpha value is -0.963. The Bertz CT molecular complexity index is 249. The molecule has 3 radical (unpaired) electrons. The number of fused-ring (bicyclic) bond motifs is 1. The quantitative estimate of drug-likeness (QED) is 0.550. The van der Waals surface area contributed by atoms with Gasteiger partial charge in [-0.25, -0.2) is 0 Å². The van der Waals surface area contributed by atoms with Crippen LogP contribution in [0.4, 0.5) is 11.4 Å². The molecule has 0 fully saturated rings. The first-order chi connectivity index (χ1) is 4.88. The van der Waals surface area contributed by atoms with E-state index in [2.05, 4.69) is 27.9 Å². The molecule has 0 saturated carbocycles. The highest BCUT2D eigenvalue weighted by molar-refractivity contribution is 6.20. The summed E-state index contributed by atoms with van der Waals surface area (Å²) in [6.07, 6.45) is 0. The first kappa shape index (κ1) is 5.79. The van der Waals surface area contributed by atoms with Crippen LogP contribution in [0.3, 0.4) is 0 Å². The Morgan fingerprint density at radius 2 is 2.20 bits per heavy atom. The van der Waals surface area contributed by atoms with Gasteiger partial charge < -0.3 is 9.88 Å². The highest BCUT2D eigenvalue weighted by Crippen LogP contribution is 2.28. The van der Waals surface area contributed by atoms with Crippen LogP contribution in [0.15, 0.2) is 24.3 Å². The van der Waals surface area contributed by atoms with E-state index in [0.29, 0.717) is 0 Å². The van der Waals surface area contributed by atoms with Crippen LogP contribution < -0.4 is 9.88 Å². The van der Waals surface area contributed by atoms with Crippen molar-refractivity contribution in [3.05, 3.63) is 24.3 Å². The molecular formula is C7H7N2Si. The fraction of sp³-hybridized carbons (Fsp3) is 0.143. The topological polar surface area (TPSA) is 15.3 Å². The van der Waals surface area contributed by atoms with E-state index in [0.717, 1.165) is 6.67 Å². The fourth-order valence-electron chi connectivity index (χ4n) is 1.11. The highest BCUT2D eigenvalue weighted by atomic mass is 28.2. The maximum Gasteiger partial charge on any atom is 0.191 e. The zero-order valence-electron chi connectivity index (χ0n) is 5.46. The van der Waals surface area contributed by atoms with Crippen LogP contribution >= 0.6 is 0 Å². The molecule has 0 atom stereocenters. The Balaban J connectivity index is 2.51. The first-order valence-electron chi connectivity index (χ1n) is 3.19. The van der Waals surface area contributed by atoms with E-state index in [9.17, 15) is 0 Å². The smallest absolute Gasteiger partial charge is 0.191 e. The molecule has 3 heteroatoms. The Kier molecular flexibility index (Phi) is 1.17. The molecule has 10 heavy (non-hydrogen) atoms. The Morgan fingerprint density at radius 3 is 3.00 bits per heavy atom. The number of nitrogens with zero attached hydrogens (tertiary/aromatic N) is 1. The van der Waals surface area contributed by atoms with Gasteiger partial charge in [0.15, 0.2) is 10.4 Å². The van der Waals surface area contributed by atoms with Crippen molar-refractivity contribution in [2.24, 2.45) is 0 Å². The van der Waals surface area contributed by atoms with Gasteiger partial charge in [0.2, 0.25) is 0 Å². The van der Waals surface area contributed by atoms with E-state index in [-0.39, 0.29) is 0 Å². The van der Waals surface area contributed by atoms with Gasteiger partial charge in [0, 0.05) is 0 Å². The van der Waals surface area contributed by atoms with Crippen molar-refractivity contribution >= 4 is 21.8 Å². The molecule has 0 saturated heterocycles. The second kappa shape index (κ2) is 2.02. The molecular weight excluding hydrogens is 140 g/mol. The van der Waals surface area contributed by atoms with E-state index in [1.807, 2.05) is 16.7 Å². The maximum absolute atomic E-state index is 3.46. The standard InChI is InChI=1S/C7H7N2Si/c10-9-5-8-6-3-1-2-4-7(6)9/h1-4,8H,5H2. The minimum absolute atomic E-state index is 0.843. The lowest BCUT2D eigenvalue weighted by Gasteiger charge is -2.07. The van der Waals surface area contributed by atoms with Crippen molar-refractivity contribution < 1.29 is 0 Å². The van der Waals surface area contributed by atoms with Crippen LogP contribution in [0.25, 0.3) is 0 Å². The van der Waals surface area contributed by atoms with Gasteiger partial charge in [-0.15, -0.1) is 0 Å². The number of benzene rings is 1. The van der Waals surface area contributed by atoms with Crippen molar-refractivity contribution in [2.45, 2.75) is 0 Å². The monoisotopic (exact) mass is 147 g/mol. The lowest BCUT2D eigenvalue weighted by Crippen LogP contribution is -2.17. The number of hydrogen-bond donors (Lipinski definition) is 1. The molecule has 0 spiro atoms. The number of hydrogen-bond acceptors (Lipinski definition) is 2. The minimum atomic E-state index is 0.843. The SMILES string of the molecule is [Si]N1CNc2ccccc21. The summed E-state index contributed by atoms with van der Waals surface area (Å²) in [4.78, 5) is 0. The van der Waals surface area contributed by atoms with Crippen LogP contribution in [0, 0.1) is 0 Å². The predicted molar refractivity (Wildman–Crippen MR) is 43.2 cm³/mol. The zero-order valence-corrected chi connectivity index (χ0v) is 6.46. The largest absolute Gasteiger partial charge is 0.381 e. The molecule has 0 amide bonds. The van der Waals surface area contributed by atoms with Crippen LogP contribution in [0.1, 0.15) is 0 Å². The summed E-state index contributed by atoms with van der Waals surface area (Å²) in [5.41, 5.74) is 2.40. The van der Waals surface area contributed by atoms with Gasteiger partial charge in [0.05, 0.1) is 18.0 Å². The summed E-state index contributed by atoms with van der Waals surface area (Å²) in [7, 11) is 3.46. The maximum atomic E-state index is 3.46. The number of rotatable bonds is 0. The molecule has 0 aromatic heterocycles. The second-order valence-electron chi connectivity index (χ2n) is 2.28. The summed E-state index contributed by atoms with van der Waals surface area (Å²) in [5, 5.41) is 3.23. The van der Waals surface area contributed by atoms with Gasteiger partial charge in [-0.2, -0.15) is 0 Å². The third-order valence-electron chi connectivity index (χ3n) is 1.62. The van der Waals surface area contributed by atoms with Crippen molar-refractivity contribution in [1.82, 2.24) is 0 Å². The van der Waals surface area contributed by atoms with Gasteiger partial charge in [0.1, 0.15) is 0 Å². The second-order valence-corrected chi connectivity index (χ2v) is 2.82. The van der Waals surface area contributed by atoms with E-state index < -0.39 is 0 Å². The predicted octanol–water partition coefficient (Wildman–Crippen LogP) is 0.959. The van der Waals surface area contributed by atoms with Crippen LogP contribution in [-0.4, -0.2) is 17.1 Å². The van der Waals surface area contributed by atoms with Crippen LogP contribution in [-0.2, 0) is 0 Å². The van der Waals surface area contributed by atoms with Gasteiger partial charge in [-0.05, 0) is 12.1 Å². The molecule has 0 bridgehead atoms. The van der Waals surface area contributed by atoms with Crippen LogP contribution in [0.2, 0.25) is 0 Å². The zero-order chi connectivity index (χ0) is 6.97. The normalized spacial score (nSPS) is 14.7. The summed E-state index contributed by atoms with van der Waals surface area (Å²) >= 11 is 0. The minimum Gasteiger partial charge on any atom is -0.381 e. The van der Waals surface area contributed by atoms with E-state index in [1.165, 1.54) is 11.4 Å². The number of nitrogens with one attached hydrogen (secondary N) is 1. The van der Waals surface area contributed by atoms with Crippen molar-refractivity contribution in [2.75, 3.05) is 16.6 Å². The van der Waals surface area contributed by atoms with Gasteiger partial charge in [-0.3, -0.25) is 0 Å². The number of anilines is 2. The van der Waals surface area contributed by atoms with Gasteiger partial charge in [0.25, 0.3) is 0 Å². The average molecular weight is 147 g/mol. The van der Waals surface area contributed by atoms with Gasteiger partial charge in [-0.1, -0.05) is 12.1 Å². The summed E-state index contributed by atoms with van der Waals surface area (Å²) in [5.74, 6) is 0. The lowest BCUT2D eigenvalue weighted by molar-refractivity contribution is 1.19. The molecule has 1 aliphatic heterocycles. The molecule has 0 aliphatic carbocycles. The molecule has 0 unspecified atom stereocenters. The molecule has 1 aliphatic rings. The molecule has 2 rings (SSSR count). The summed E-state index contributed by atoms with van der Waals surface area (Å²) in [6.45, 7) is 0.843. The average Bonchev–Trinajstić information content (AvgIpc) is 2.34. The molecule has 1 aromatic rings. The summed E-state index contributed by atoms with van der Waals surface area (Å²) in [6, 6.07) is 8.19. The highest BCUT2D eigenvalue weighted by Gasteiger charge is 2.11. The number of para-hydroxylation sites is 2. The third-order valence-corrected chi connectivity index (χ3v) is 2.02. The van der Waals surface area contributed by atoms with Crippen molar-refractivity contribution in [3.8, 4) is 0 Å². The molecule has 49 valence electrons. The summed E-state index contributed by atoms with van der Waals surface area (Å²) < 4.78 is 2.00. The molecule has 1 heterocycles. The molecule has 2 nitrogen and oxygen atoms in total. The molecule has 1 N–H and O–H groups in total. The van der Waals surface area contributed by atoms with Crippen molar-refractivity contribution in [1.29, 1.82) is 0 Å². The Labute approximate surface area is 63.4 Å². The fourth-order valence-corrected chi connectivity index (χ4v) is 1.38. The Morgan fingerprint density at radius 1 is 1.40 bits per heavy atom. The molecule has 1 aromatic carbocycles. The third kappa shape index (κ3) is 0.708. The first-order valence-corrected chi connectivity index (χ1v) is 3.64. The van der Waals surface area contributed by atoms with E-state index >= 15 is 0 Å². The van der Waals surface area contributed by atoms with Crippen LogP contribution in [0.5, 0.6) is 0 Å².